The molecule has 5 rings (SSSR count). The molecule has 0 aromatic rings. The minimum atomic E-state index is -3.98. The molecule has 4 bridgehead atoms. The third kappa shape index (κ3) is 4.22. The van der Waals surface area contributed by atoms with Crippen LogP contribution in [0.25, 0.3) is 0 Å². The largest absolute Gasteiger partial charge is 0.460 e. The molecular weight excluding hydrogens is 406 g/mol. The molecule has 3 unspecified atom stereocenters. The van der Waals surface area contributed by atoms with Gasteiger partial charge in [0.1, 0.15) is 17.6 Å². The van der Waals surface area contributed by atoms with Crippen LogP contribution in [0.2, 0.25) is 0 Å². The van der Waals surface area contributed by atoms with Crippen molar-refractivity contribution in [2.24, 2.45) is 23.2 Å². The van der Waals surface area contributed by atoms with Crippen molar-refractivity contribution in [1.29, 1.82) is 0 Å². The fraction of sp³-hybridized carbons (Fsp3) is 0.700. The van der Waals surface area contributed by atoms with Gasteiger partial charge in [0.15, 0.2) is 0 Å². The van der Waals surface area contributed by atoms with Crippen molar-refractivity contribution in [3.8, 4) is 0 Å². The van der Waals surface area contributed by atoms with E-state index in [1.807, 2.05) is 24.3 Å². The smallest absolute Gasteiger partial charge is 0.415 e. The van der Waals surface area contributed by atoms with Gasteiger partial charge in [0.25, 0.3) is 0 Å². The summed E-state index contributed by atoms with van der Waals surface area (Å²) in [5.74, 6) is -1.61. The van der Waals surface area contributed by atoms with Gasteiger partial charge in [-0.25, -0.2) is 10.1 Å². The van der Waals surface area contributed by atoms with Crippen LogP contribution in [-0.2, 0) is 23.4 Å². The average Bonchev–Trinajstić information content (AvgIpc) is 2.65. The Hall–Kier alpha value is -1.45. The van der Waals surface area contributed by atoms with E-state index in [-0.39, 0.29) is 18.5 Å². The number of esters is 2. The number of carbonyl (C=O) groups excluding carboxylic acids is 2. The Morgan fingerprint density at radius 2 is 1.90 bits per heavy atom. The van der Waals surface area contributed by atoms with Gasteiger partial charge >= 0.3 is 17.2 Å². The van der Waals surface area contributed by atoms with Crippen LogP contribution in [0.3, 0.4) is 0 Å². The summed E-state index contributed by atoms with van der Waals surface area (Å²) in [6, 6.07) is 0. The van der Waals surface area contributed by atoms with E-state index in [0.29, 0.717) is 24.7 Å². The normalized spacial score (nSPS) is 37.6. The highest BCUT2D eigenvalue weighted by atomic mass is 32.2. The van der Waals surface area contributed by atoms with Gasteiger partial charge in [-0.05, 0) is 56.8 Å². The molecule has 0 aromatic heterocycles. The van der Waals surface area contributed by atoms with Crippen LogP contribution in [0.1, 0.15) is 44.9 Å². The van der Waals surface area contributed by atoms with Gasteiger partial charge < -0.3 is 9.47 Å². The minimum absolute atomic E-state index is 0.147. The molecule has 0 spiro atoms. The van der Waals surface area contributed by atoms with Gasteiger partial charge in [-0.1, -0.05) is 24.3 Å². The molecule has 3 atom stereocenters. The highest BCUT2D eigenvalue weighted by molar-refractivity contribution is 7.96. The number of carbonyl (C=O) groups is 2. The first kappa shape index (κ1) is 20.8. The van der Waals surface area contributed by atoms with Crippen LogP contribution < -0.4 is 0 Å². The topological polar surface area (TPSA) is 82.1 Å². The van der Waals surface area contributed by atoms with E-state index in [4.69, 9.17) is 14.7 Å². The van der Waals surface area contributed by atoms with Gasteiger partial charge in [0, 0.05) is 5.41 Å². The quantitative estimate of drug-likeness (QED) is 0.279. The van der Waals surface area contributed by atoms with Crippen molar-refractivity contribution in [2.45, 2.75) is 55.8 Å². The van der Waals surface area contributed by atoms with E-state index < -0.39 is 34.3 Å². The summed E-state index contributed by atoms with van der Waals surface area (Å²) in [6.07, 6.45) is 12.8. The van der Waals surface area contributed by atoms with Gasteiger partial charge in [-0.2, -0.15) is 13.1 Å². The van der Waals surface area contributed by atoms with E-state index in [1.165, 1.54) is 0 Å². The van der Waals surface area contributed by atoms with Crippen molar-refractivity contribution in [3.05, 3.63) is 24.3 Å². The van der Waals surface area contributed by atoms with Crippen molar-refractivity contribution >= 4 is 24.0 Å². The fourth-order valence-electron chi connectivity index (χ4n) is 6.08. The molecule has 0 heterocycles. The Balaban J connectivity index is 1.44. The predicted octanol–water partition coefficient (Wildman–Crippen LogP) is 4.27. The summed E-state index contributed by atoms with van der Waals surface area (Å²) in [7, 11) is 0. The van der Waals surface area contributed by atoms with Gasteiger partial charge in [-0.15, -0.1) is 0 Å². The standard InChI is InChI=1S/C20H24F2O6S/c21-20(22,29-28-25)17(24)26-12-18-7-13-6-14(8-18)10-19(9-13,11-18)27-16(23)15-4-2-1-3-5-15/h1-4,13-15,25H,5-12H2. The summed E-state index contributed by atoms with van der Waals surface area (Å²) in [6.45, 7) is -0.147. The Kier molecular flexibility index (Phi) is 5.50. The Morgan fingerprint density at radius 1 is 1.17 bits per heavy atom. The third-order valence-corrected chi connectivity index (χ3v) is 7.07. The molecule has 5 aliphatic carbocycles. The summed E-state index contributed by atoms with van der Waals surface area (Å²) in [5.41, 5.74) is -1.06. The molecule has 4 fully saturated rings. The zero-order chi connectivity index (χ0) is 20.7. The monoisotopic (exact) mass is 430 g/mol. The highest BCUT2D eigenvalue weighted by Crippen LogP contribution is 2.63. The molecule has 0 amide bonds. The van der Waals surface area contributed by atoms with E-state index in [1.54, 1.807) is 0 Å². The molecule has 1 N–H and O–H groups in total. The molecule has 9 heteroatoms. The van der Waals surface area contributed by atoms with Crippen LogP contribution in [0.5, 0.6) is 0 Å². The lowest BCUT2D eigenvalue weighted by Crippen LogP contribution is -2.59. The van der Waals surface area contributed by atoms with Gasteiger partial charge in [0.05, 0.1) is 12.5 Å². The van der Waals surface area contributed by atoms with Crippen LogP contribution >= 0.6 is 12.0 Å². The Morgan fingerprint density at radius 3 is 2.52 bits per heavy atom. The zero-order valence-electron chi connectivity index (χ0n) is 15.9. The third-order valence-electron chi connectivity index (χ3n) is 6.62. The second-order valence-electron chi connectivity index (χ2n) is 8.97. The maximum absolute atomic E-state index is 13.6. The van der Waals surface area contributed by atoms with Crippen LogP contribution in [0.4, 0.5) is 8.78 Å². The number of allylic oxidation sites excluding steroid dienone is 3. The lowest BCUT2D eigenvalue weighted by Gasteiger charge is -2.61. The van der Waals surface area contributed by atoms with Crippen molar-refractivity contribution in [2.75, 3.05) is 6.61 Å². The first-order chi connectivity index (χ1) is 13.7. The molecule has 160 valence electrons. The van der Waals surface area contributed by atoms with Crippen LogP contribution in [0, 0.1) is 23.2 Å². The van der Waals surface area contributed by atoms with E-state index in [0.717, 1.165) is 32.1 Å². The summed E-state index contributed by atoms with van der Waals surface area (Å²) in [5, 5.41) is 4.21. The minimum Gasteiger partial charge on any atom is -0.460 e. The van der Waals surface area contributed by atoms with Crippen LogP contribution in [-0.4, -0.2) is 34.7 Å². The first-order valence-corrected chi connectivity index (χ1v) is 10.6. The maximum atomic E-state index is 13.6. The average molecular weight is 430 g/mol. The van der Waals surface area contributed by atoms with E-state index >= 15 is 0 Å². The first-order valence-electron chi connectivity index (χ1n) is 9.85. The lowest BCUT2D eigenvalue weighted by molar-refractivity contribution is -0.214. The summed E-state index contributed by atoms with van der Waals surface area (Å²) >= 11 is -0.652. The van der Waals surface area contributed by atoms with E-state index in [9.17, 15) is 18.4 Å². The molecule has 0 radical (unpaired) electrons. The predicted molar refractivity (Wildman–Crippen MR) is 99.5 cm³/mol. The summed E-state index contributed by atoms with van der Waals surface area (Å²) < 4.78 is 41.4. The molecule has 5 aliphatic rings. The molecule has 6 nitrogen and oxygen atoms in total. The number of rotatable bonds is 7. The number of alkyl halides is 2. The summed E-state index contributed by atoms with van der Waals surface area (Å²) in [4.78, 5) is 24.5. The zero-order valence-corrected chi connectivity index (χ0v) is 16.7. The van der Waals surface area contributed by atoms with Crippen molar-refractivity contribution in [3.63, 3.8) is 0 Å². The fourth-order valence-corrected chi connectivity index (χ4v) is 6.30. The molecular formula is C20H24F2O6S. The molecule has 4 saturated carbocycles. The number of halogens is 2. The van der Waals surface area contributed by atoms with E-state index in [2.05, 4.69) is 4.33 Å². The maximum Gasteiger partial charge on any atom is 0.415 e. The SMILES string of the molecule is O=C(OC12CC3CC(CC(COC(=O)C(F)(F)SOO)(C3)C1)C2)C1C=CC=CC1. The molecule has 0 saturated heterocycles. The number of hydrogen-bond donors (Lipinski definition) is 1. The Bertz CT molecular complexity index is 722. The molecule has 29 heavy (non-hydrogen) atoms. The van der Waals surface area contributed by atoms with Crippen molar-refractivity contribution in [1.82, 2.24) is 0 Å². The number of hydrogen-bond acceptors (Lipinski definition) is 7. The second-order valence-corrected chi connectivity index (χ2v) is 9.80. The highest BCUT2D eigenvalue weighted by Gasteiger charge is 2.60. The van der Waals surface area contributed by atoms with Crippen LogP contribution in [0.15, 0.2) is 24.3 Å². The number of ether oxygens (including phenoxy) is 2. The lowest BCUT2D eigenvalue weighted by atomic mass is 9.48. The second kappa shape index (κ2) is 7.67. The Labute approximate surface area is 171 Å². The molecule has 0 aliphatic heterocycles. The molecule has 0 aromatic carbocycles. The van der Waals surface area contributed by atoms with Gasteiger partial charge in [-0.3, -0.25) is 4.79 Å². The van der Waals surface area contributed by atoms with Crippen molar-refractivity contribution < 1.29 is 37.4 Å². The van der Waals surface area contributed by atoms with Gasteiger partial charge in [0.2, 0.25) is 0 Å².